The number of carboxylic acid groups (broad SMARTS) is 1. The molecule has 1 aromatic carbocycles. The van der Waals surface area contributed by atoms with Crippen molar-refractivity contribution in [2.45, 2.75) is 38.6 Å². The summed E-state index contributed by atoms with van der Waals surface area (Å²) in [7, 11) is 0. The highest BCUT2D eigenvalue weighted by atomic mass is 16.4. The summed E-state index contributed by atoms with van der Waals surface area (Å²) < 4.78 is 0. The molecular weight excluding hydrogens is 282 g/mol. The van der Waals surface area contributed by atoms with Crippen molar-refractivity contribution < 1.29 is 14.7 Å². The molecule has 1 aliphatic carbocycles. The molecule has 1 fully saturated rings. The van der Waals surface area contributed by atoms with E-state index in [4.69, 9.17) is 10.8 Å². The summed E-state index contributed by atoms with van der Waals surface area (Å²) in [5.74, 6) is -0.213. The molecule has 6 heteroatoms. The van der Waals surface area contributed by atoms with Crippen molar-refractivity contribution in [1.29, 1.82) is 0 Å². The van der Waals surface area contributed by atoms with E-state index in [9.17, 15) is 9.59 Å². The Morgan fingerprint density at radius 3 is 2.73 bits per heavy atom. The Bertz CT molecular complexity index is 556. The normalized spacial score (nSPS) is 15.1. The summed E-state index contributed by atoms with van der Waals surface area (Å²) in [4.78, 5) is 22.7. The zero-order valence-corrected chi connectivity index (χ0v) is 12.8. The number of amides is 1. The monoisotopic (exact) mass is 305 g/mol. The van der Waals surface area contributed by atoms with Crippen LogP contribution in [0.25, 0.3) is 0 Å². The second kappa shape index (κ2) is 7.15. The van der Waals surface area contributed by atoms with Gasteiger partial charge in [0.2, 0.25) is 0 Å². The van der Waals surface area contributed by atoms with Crippen LogP contribution in [0.5, 0.6) is 0 Å². The molecule has 6 nitrogen and oxygen atoms in total. The Kier molecular flexibility index (Phi) is 5.25. The minimum Gasteiger partial charge on any atom is -0.481 e. The zero-order valence-electron chi connectivity index (χ0n) is 12.8. The second-order valence-corrected chi connectivity index (χ2v) is 5.93. The third kappa shape index (κ3) is 4.95. The van der Waals surface area contributed by atoms with Crippen LogP contribution < -0.4 is 16.4 Å². The van der Waals surface area contributed by atoms with Gasteiger partial charge < -0.3 is 21.5 Å². The van der Waals surface area contributed by atoms with Gasteiger partial charge in [0.15, 0.2) is 0 Å². The molecule has 0 radical (unpaired) electrons. The van der Waals surface area contributed by atoms with Crippen LogP contribution in [0.1, 0.15) is 43.0 Å². The van der Waals surface area contributed by atoms with Crippen molar-refractivity contribution in [1.82, 2.24) is 5.32 Å². The Morgan fingerprint density at radius 1 is 1.41 bits per heavy atom. The fraction of sp³-hybridized carbons (Fsp3) is 0.500. The van der Waals surface area contributed by atoms with Gasteiger partial charge in [-0.25, -0.2) is 0 Å². The first-order valence-corrected chi connectivity index (χ1v) is 7.61. The van der Waals surface area contributed by atoms with Crippen LogP contribution >= 0.6 is 0 Å². The number of hydrogen-bond acceptors (Lipinski definition) is 4. The third-order valence-electron chi connectivity index (χ3n) is 3.73. The van der Waals surface area contributed by atoms with Gasteiger partial charge >= 0.3 is 5.97 Å². The van der Waals surface area contributed by atoms with Crippen molar-refractivity contribution in [3.8, 4) is 0 Å². The lowest BCUT2D eigenvalue weighted by molar-refractivity contribution is -0.137. The van der Waals surface area contributed by atoms with Crippen molar-refractivity contribution in [3.05, 3.63) is 23.8 Å². The SMILES string of the molecule is CC(CC(=O)O)Nc1ccc(C(=O)NCCC2CC2)cc1N. The van der Waals surface area contributed by atoms with E-state index in [1.165, 1.54) is 12.8 Å². The van der Waals surface area contributed by atoms with Crippen molar-refractivity contribution in [3.63, 3.8) is 0 Å². The van der Waals surface area contributed by atoms with E-state index in [1.807, 2.05) is 0 Å². The number of benzene rings is 1. The van der Waals surface area contributed by atoms with Gasteiger partial charge in [-0.05, 0) is 37.5 Å². The van der Waals surface area contributed by atoms with Crippen LogP contribution in [0.3, 0.4) is 0 Å². The topological polar surface area (TPSA) is 104 Å². The van der Waals surface area contributed by atoms with E-state index in [0.717, 1.165) is 12.3 Å². The molecule has 1 amide bonds. The molecule has 1 aliphatic rings. The number of aliphatic carboxylic acids is 1. The molecule has 1 unspecified atom stereocenters. The lowest BCUT2D eigenvalue weighted by Crippen LogP contribution is -2.25. The maximum atomic E-state index is 12.0. The van der Waals surface area contributed by atoms with Gasteiger partial charge in [-0.2, -0.15) is 0 Å². The molecule has 0 aromatic heterocycles. The fourth-order valence-electron chi connectivity index (χ4n) is 2.31. The zero-order chi connectivity index (χ0) is 16.1. The van der Waals surface area contributed by atoms with E-state index < -0.39 is 5.97 Å². The number of rotatable bonds is 8. The standard InChI is InChI=1S/C16H23N3O3/c1-10(8-15(20)21)19-14-5-4-12(9-13(14)17)16(22)18-7-6-11-2-3-11/h4-5,9-11,19H,2-3,6-8,17H2,1H3,(H,18,22)(H,20,21). The minimum atomic E-state index is -0.870. The third-order valence-corrected chi connectivity index (χ3v) is 3.73. The number of carbonyl (C=O) groups is 2. The van der Waals surface area contributed by atoms with Gasteiger partial charge in [-0.3, -0.25) is 9.59 Å². The van der Waals surface area contributed by atoms with Gasteiger partial charge in [0, 0.05) is 18.2 Å². The maximum absolute atomic E-state index is 12.0. The number of anilines is 2. The van der Waals surface area contributed by atoms with Gasteiger partial charge in [-0.1, -0.05) is 12.8 Å². The van der Waals surface area contributed by atoms with Crippen molar-refractivity contribution >= 4 is 23.3 Å². The largest absolute Gasteiger partial charge is 0.481 e. The Labute approximate surface area is 130 Å². The molecule has 0 heterocycles. The minimum absolute atomic E-state index is 0.00282. The van der Waals surface area contributed by atoms with Crippen LogP contribution in [-0.4, -0.2) is 29.6 Å². The smallest absolute Gasteiger partial charge is 0.305 e. The van der Waals surface area contributed by atoms with Crippen LogP contribution in [0.2, 0.25) is 0 Å². The lowest BCUT2D eigenvalue weighted by atomic mass is 10.1. The van der Waals surface area contributed by atoms with Crippen LogP contribution in [0.4, 0.5) is 11.4 Å². The Hall–Kier alpha value is -2.24. The highest BCUT2D eigenvalue weighted by Gasteiger charge is 2.20. The summed E-state index contributed by atoms with van der Waals surface area (Å²) in [5, 5.41) is 14.7. The average molecular weight is 305 g/mol. The summed E-state index contributed by atoms with van der Waals surface area (Å²) in [6.07, 6.45) is 3.59. The second-order valence-electron chi connectivity index (χ2n) is 5.93. The summed E-state index contributed by atoms with van der Waals surface area (Å²) >= 11 is 0. The van der Waals surface area contributed by atoms with Gasteiger partial charge in [0.25, 0.3) is 5.91 Å². The van der Waals surface area contributed by atoms with Crippen molar-refractivity contribution in [2.24, 2.45) is 5.92 Å². The predicted molar refractivity (Wildman–Crippen MR) is 85.9 cm³/mol. The summed E-state index contributed by atoms with van der Waals surface area (Å²) in [6, 6.07) is 4.78. The fourth-order valence-corrected chi connectivity index (χ4v) is 2.31. The summed E-state index contributed by atoms with van der Waals surface area (Å²) in [6.45, 7) is 2.46. The van der Waals surface area contributed by atoms with Crippen LogP contribution in [-0.2, 0) is 4.79 Å². The van der Waals surface area contributed by atoms with E-state index in [-0.39, 0.29) is 18.4 Å². The molecule has 0 bridgehead atoms. The number of hydrogen-bond donors (Lipinski definition) is 4. The van der Waals surface area contributed by atoms with Crippen molar-refractivity contribution in [2.75, 3.05) is 17.6 Å². The van der Waals surface area contributed by atoms with Crippen LogP contribution in [0.15, 0.2) is 18.2 Å². The molecule has 120 valence electrons. The first kappa shape index (κ1) is 16.1. The number of carboxylic acids is 1. The molecule has 2 rings (SSSR count). The molecule has 0 spiro atoms. The van der Waals surface area contributed by atoms with E-state index in [0.29, 0.717) is 23.5 Å². The van der Waals surface area contributed by atoms with Gasteiger partial charge in [0.1, 0.15) is 0 Å². The van der Waals surface area contributed by atoms with Gasteiger partial charge in [-0.15, -0.1) is 0 Å². The molecular formula is C16H23N3O3. The van der Waals surface area contributed by atoms with E-state index >= 15 is 0 Å². The molecule has 1 aromatic rings. The van der Waals surface area contributed by atoms with Gasteiger partial charge in [0.05, 0.1) is 17.8 Å². The van der Waals surface area contributed by atoms with E-state index in [1.54, 1.807) is 25.1 Å². The summed E-state index contributed by atoms with van der Waals surface area (Å²) in [5.41, 5.74) is 7.53. The molecule has 1 atom stereocenters. The van der Waals surface area contributed by atoms with E-state index in [2.05, 4.69) is 10.6 Å². The Balaban J connectivity index is 1.89. The number of carbonyl (C=O) groups excluding carboxylic acids is 1. The molecule has 0 saturated heterocycles. The number of nitrogens with one attached hydrogen (secondary N) is 2. The number of nitrogen functional groups attached to an aromatic ring is 1. The lowest BCUT2D eigenvalue weighted by Gasteiger charge is -2.15. The molecule has 0 aliphatic heterocycles. The quantitative estimate of drug-likeness (QED) is 0.550. The first-order chi connectivity index (χ1) is 10.5. The first-order valence-electron chi connectivity index (χ1n) is 7.61. The highest BCUT2D eigenvalue weighted by molar-refractivity contribution is 5.96. The average Bonchev–Trinajstić information content (AvgIpc) is 3.24. The molecule has 5 N–H and O–H groups in total. The van der Waals surface area contributed by atoms with Crippen LogP contribution in [0, 0.1) is 5.92 Å². The number of nitrogens with two attached hydrogens (primary N) is 1. The Morgan fingerprint density at radius 2 is 2.14 bits per heavy atom. The molecule has 1 saturated carbocycles. The predicted octanol–water partition coefficient (Wildman–Crippen LogP) is 2.07. The highest BCUT2D eigenvalue weighted by Crippen LogP contribution is 2.31. The maximum Gasteiger partial charge on any atom is 0.305 e. The molecule has 22 heavy (non-hydrogen) atoms.